The molecule has 6 N–H and O–H groups in total. The van der Waals surface area contributed by atoms with E-state index >= 15 is 0 Å². The smallest absolute Gasteiger partial charge is 0.377 e. The number of aliphatic hydroxyl groups is 6. The van der Waals surface area contributed by atoms with Gasteiger partial charge in [0.15, 0.2) is 23.7 Å². The van der Waals surface area contributed by atoms with Gasteiger partial charge in [0.1, 0.15) is 37.6 Å². The van der Waals surface area contributed by atoms with Gasteiger partial charge in [-0.25, -0.2) is 9.59 Å². The maximum absolute atomic E-state index is 12.7. The van der Waals surface area contributed by atoms with Crippen molar-refractivity contribution < 1.29 is 87.8 Å². The fraction of sp³-hybridized carbons (Fsp3) is 0.467. The zero-order valence-corrected chi connectivity index (χ0v) is 46.1. The molecule has 0 fully saturated rings. The average Bonchev–Trinajstić information content (AvgIpc) is 3.77. The standard InChI is InChI=1S/C60H76O18/c1-35(17-13-19-37(3)21-23-43-39(5)29-41(31-59(43,7)8)75-49(65)27-25-47(63)73-33-45(61)55-51(67)53(69)57(71)77-55)15-11-12-16-36(2)18-14-20-38(4)22-24-44-40(6)30-42(32-60(44,9)10)76-50(66)28-26-48(64)74-34-46(62)56-52(68)54(70)58(72)78-56/h11-24,29,41-43,45-46,55-56,61-62,67-70H,25-28,30-34H2,1-10H3/b12-11+,17-13+,18-14+,23-21+,24-22+,35-15+,36-16+,37-19+,38-20+/t41-,42+,43-,45?,46?,55?,56?/m0/s1. The van der Waals surface area contributed by atoms with Crippen molar-refractivity contribution in [3.63, 3.8) is 0 Å². The molecule has 0 aromatic heterocycles. The van der Waals surface area contributed by atoms with E-state index in [2.05, 4.69) is 61.5 Å². The molecule has 0 spiro atoms. The van der Waals surface area contributed by atoms with Crippen LogP contribution in [-0.2, 0) is 57.2 Å². The van der Waals surface area contributed by atoms with Crippen LogP contribution >= 0.6 is 0 Å². The summed E-state index contributed by atoms with van der Waals surface area (Å²) in [6, 6.07) is 0. The van der Waals surface area contributed by atoms with Gasteiger partial charge in [0.05, 0.1) is 25.7 Å². The van der Waals surface area contributed by atoms with Crippen molar-refractivity contribution in [3.05, 3.63) is 153 Å². The van der Waals surface area contributed by atoms with Crippen molar-refractivity contribution in [2.45, 2.75) is 151 Å². The molecular formula is C60H76O18. The van der Waals surface area contributed by atoms with E-state index in [9.17, 15) is 59.4 Å². The highest BCUT2D eigenvalue weighted by atomic mass is 16.6. The summed E-state index contributed by atoms with van der Waals surface area (Å²) in [6.45, 7) is 19.3. The molecule has 4 aliphatic rings. The fourth-order valence-electron chi connectivity index (χ4n) is 9.25. The first-order valence-electron chi connectivity index (χ1n) is 25.8. The molecule has 7 atom stereocenters. The molecule has 2 heterocycles. The third kappa shape index (κ3) is 19.2. The highest BCUT2D eigenvalue weighted by Crippen LogP contribution is 2.44. The Bertz CT molecular complexity index is 2690. The van der Waals surface area contributed by atoms with Gasteiger partial charge >= 0.3 is 35.8 Å². The van der Waals surface area contributed by atoms with Crippen molar-refractivity contribution in [3.8, 4) is 0 Å². The molecule has 4 rings (SSSR count). The lowest BCUT2D eigenvalue weighted by Gasteiger charge is -2.40. The summed E-state index contributed by atoms with van der Waals surface area (Å²) in [6.07, 6.45) is 23.9. The van der Waals surface area contributed by atoms with Crippen molar-refractivity contribution in [1.29, 1.82) is 0 Å². The van der Waals surface area contributed by atoms with Gasteiger partial charge in [0, 0.05) is 12.3 Å². The summed E-state index contributed by atoms with van der Waals surface area (Å²) in [5.41, 5.74) is 7.01. The van der Waals surface area contributed by atoms with Crippen LogP contribution in [-0.4, -0.2) is 116 Å². The largest absolute Gasteiger partial charge is 0.505 e. The van der Waals surface area contributed by atoms with Crippen LogP contribution in [0.5, 0.6) is 0 Å². The topological polar surface area (TPSA) is 279 Å². The average molecular weight is 1090 g/mol. The molecule has 0 aromatic carbocycles. The predicted octanol–water partition coefficient (Wildman–Crippen LogP) is 9.38. The van der Waals surface area contributed by atoms with Gasteiger partial charge in [-0.05, 0) is 76.9 Å². The van der Waals surface area contributed by atoms with Crippen molar-refractivity contribution >= 4 is 35.8 Å². The van der Waals surface area contributed by atoms with E-state index in [1.807, 2.05) is 108 Å². The Hall–Kier alpha value is -7.44. The lowest BCUT2D eigenvalue weighted by atomic mass is 9.67. The van der Waals surface area contributed by atoms with E-state index in [-0.39, 0.29) is 48.5 Å². The Labute approximate surface area is 456 Å². The Balaban J connectivity index is 1.17. The zero-order chi connectivity index (χ0) is 58.1. The number of hydrogen-bond acceptors (Lipinski definition) is 18. The summed E-state index contributed by atoms with van der Waals surface area (Å²) >= 11 is 0. The molecule has 18 nitrogen and oxygen atoms in total. The summed E-state index contributed by atoms with van der Waals surface area (Å²) in [5, 5.41) is 58.3. The number of cyclic esters (lactones) is 2. The normalized spacial score (nSPS) is 24.2. The third-order valence-corrected chi connectivity index (χ3v) is 13.4. The van der Waals surface area contributed by atoms with E-state index in [4.69, 9.17) is 18.9 Å². The second kappa shape index (κ2) is 28.8. The summed E-state index contributed by atoms with van der Waals surface area (Å²) in [5.74, 6) is -8.80. The van der Waals surface area contributed by atoms with Crippen LogP contribution < -0.4 is 0 Å². The van der Waals surface area contributed by atoms with Crippen LogP contribution in [0.2, 0.25) is 0 Å². The van der Waals surface area contributed by atoms with Crippen molar-refractivity contribution in [2.75, 3.05) is 13.2 Å². The summed E-state index contributed by atoms with van der Waals surface area (Å²) < 4.78 is 30.6. The maximum atomic E-state index is 12.7. The Kier molecular flexibility index (Phi) is 23.3. The highest BCUT2D eigenvalue weighted by molar-refractivity contribution is 5.89. The van der Waals surface area contributed by atoms with E-state index in [1.165, 1.54) is 0 Å². The van der Waals surface area contributed by atoms with Gasteiger partial charge in [0.2, 0.25) is 11.5 Å². The van der Waals surface area contributed by atoms with E-state index < -0.39 is 103 Å². The second-order valence-electron chi connectivity index (χ2n) is 21.3. The molecule has 2 aliphatic heterocycles. The van der Waals surface area contributed by atoms with Crippen LogP contribution in [0.3, 0.4) is 0 Å². The number of ether oxygens (including phenoxy) is 6. The Morgan fingerprint density at radius 3 is 1.51 bits per heavy atom. The monoisotopic (exact) mass is 1080 g/mol. The number of rotatable bonds is 24. The summed E-state index contributed by atoms with van der Waals surface area (Å²) in [4.78, 5) is 72.4. The minimum Gasteiger partial charge on any atom is -0.505 e. The molecule has 424 valence electrons. The van der Waals surface area contributed by atoms with E-state index in [1.54, 1.807) is 0 Å². The number of aliphatic hydroxyl groups excluding tert-OH is 6. The SMILES string of the molecule is CC1=C[C@H](OC(=O)CCC(=O)OCC(O)C2OC(=O)C(O)=C2O)CC(C)(C)[C@H]1/C=C/C(C)=C/C=C/C(C)=C/C=C/C=C(C)/C=C/C=C(C)/C=C/C1=C(C)C[C@@H](OC(=O)CCC(=O)OCC(O)C2OC(=O)C(O)=C2O)CC1(C)C. The highest BCUT2D eigenvalue weighted by Gasteiger charge is 2.42. The quantitative estimate of drug-likeness (QED) is 0.0227. The van der Waals surface area contributed by atoms with Crippen LogP contribution in [0.15, 0.2) is 153 Å². The molecule has 0 amide bonds. The summed E-state index contributed by atoms with van der Waals surface area (Å²) in [7, 11) is 0. The number of allylic oxidation sites excluding steroid dienone is 20. The van der Waals surface area contributed by atoms with Gasteiger partial charge in [-0.1, -0.05) is 146 Å². The number of carbonyl (C=O) groups is 6. The second-order valence-corrected chi connectivity index (χ2v) is 21.3. The molecule has 4 unspecified atom stereocenters. The van der Waals surface area contributed by atoms with E-state index in [0.717, 1.165) is 39.0 Å². The molecule has 18 heteroatoms. The first-order valence-corrected chi connectivity index (χ1v) is 25.8. The maximum Gasteiger partial charge on any atom is 0.377 e. The molecule has 78 heavy (non-hydrogen) atoms. The van der Waals surface area contributed by atoms with Crippen molar-refractivity contribution in [1.82, 2.24) is 0 Å². The van der Waals surface area contributed by atoms with Crippen LogP contribution in [0, 0.1) is 16.7 Å². The number of hydrogen-bond donors (Lipinski definition) is 6. The van der Waals surface area contributed by atoms with Gasteiger partial charge in [-0.2, -0.15) is 0 Å². The molecule has 0 radical (unpaired) electrons. The molecule has 0 aromatic rings. The Morgan fingerprint density at radius 1 is 0.628 bits per heavy atom. The lowest BCUT2D eigenvalue weighted by Crippen LogP contribution is -2.35. The van der Waals surface area contributed by atoms with Crippen LogP contribution in [0.1, 0.15) is 114 Å². The van der Waals surface area contributed by atoms with Gasteiger partial charge in [-0.15, -0.1) is 0 Å². The molecule has 2 aliphatic carbocycles. The molecular weight excluding hydrogens is 1010 g/mol. The first-order chi connectivity index (χ1) is 36.6. The fourth-order valence-corrected chi connectivity index (χ4v) is 9.25. The lowest BCUT2D eigenvalue weighted by molar-refractivity contribution is -0.158. The van der Waals surface area contributed by atoms with Crippen LogP contribution in [0.4, 0.5) is 0 Å². The van der Waals surface area contributed by atoms with E-state index in [0.29, 0.717) is 19.3 Å². The van der Waals surface area contributed by atoms with Gasteiger partial charge in [0.25, 0.3) is 0 Å². The molecule has 0 saturated carbocycles. The number of carbonyl (C=O) groups excluding carboxylic acids is 6. The van der Waals surface area contributed by atoms with Crippen LogP contribution in [0.25, 0.3) is 0 Å². The van der Waals surface area contributed by atoms with Gasteiger partial charge in [-0.3, -0.25) is 19.2 Å². The predicted molar refractivity (Wildman–Crippen MR) is 289 cm³/mol. The van der Waals surface area contributed by atoms with Gasteiger partial charge < -0.3 is 59.1 Å². The minimum absolute atomic E-state index is 0.0940. The first kappa shape index (κ1) is 63.1. The number of esters is 6. The Morgan fingerprint density at radius 2 is 1.06 bits per heavy atom. The molecule has 0 saturated heterocycles. The minimum atomic E-state index is -1.61. The molecule has 0 bridgehead atoms. The zero-order valence-electron chi connectivity index (χ0n) is 46.1. The van der Waals surface area contributed by atoms with Crippen molar-refractivity contribution in [2.24, 2.45) is 16.7 Å². The third-order valence-electron chi connectivity index (χ3n) is 13.4.